The SMILES string of the molecule is Cc1c(Cn2c(=O)c(C(=O)O)cn(-c3ccc(N4CCOC4=O)c(Cl)c3)c2=O)cccc1C(F)(F)F. The predicted molar refractivity (Wildman–Crippen MR) is 122 cm³/mol. The van der Waals surface area contributed by atoms with Crippen LogP contribution in [0.5, 0.6) is 0 Å². The Morgan fingerprint density at radius 1 is 1.17 bits per heavy atom. The molecule has 36 heavy (non-hydrogen) atoms. The minimum atomic E-state index is -4.66. The summed E-state index contributed by atoms with van der Waals surface area (Å²) in [6.45, 7) is 1.02. The van der Waals surface area contributed by atoms with Crippen molar-refractivity contribution in [1.29, 1.82) is 0 Å². The van der Waals surface area contributed by atoms with E-state index in [2.05, 4.69) is 0 Å². The molecule has 2 heterocycles. The normalized spacial score (nSPS) is 13.7. The zero-order valence-corrected chi connectivity index (χ0v) is 19.3. The van der Waals surface area contributed by atoms with Gasteiger partial charge >= 0.3 is 23.9 Å². The average Bonchev–Trinajstić information content (AvgIpc) is 3.22. The first-order chi connectivity index (χ1) is 16.9. The molecule has 0 bridgehead atoms. The molecule has 3 aromatic rings. The summed E-state index contributed by atoms with van der Waals surface area (Å²) in [5.74, 6) is -1.63. The summed E-state index contributed by atoms with van der Waals surface area (Å²) < 4.78 is 46.3. The van der Waals surface area contributed by atoms with Crippen molar-refractivity contribution in [2.75, 3.05) is 18.1 Å². The number of carbonyl (C=O) groups is 2. The number of benzene rings is 2. The smallest absolute Gasteiger partial charge is 0.416 e. The highest BCUT2D eigenvalue weighted by Crippen LogP contribution is 2.33. The van der Waals surface area contributed by atoms with Gasteiger partial charge in [-0.05, 0) is 42.3 Å². The van der Waals surface area contributed by atoms with Crippen molar-refractivity contribution in [3.8, 4) is 5.69 Å². The van der Waals surface area contributed by atoms with Crippen LogP contribution in [0.25, 0.3) is 5.69 Å². The molecule has 0 aliphatic carbocycles. The molecule has 0 spiro atoms. The highest BCUT2D eigenvalue weighted by molar-refractivity contribution is 6.34. The molecule has 13 heteroatoms. The van der Waals surface area contributed by atoms with E-state index in [1.165, 1.54) is 36.1 Å². The second-order valence-corrected chi connectivity index (χ2v) is 8.29. The molecule has 4 rings (SSSR count). The van der Waals surface area contributed by atoms with Gasteiger partial charge in [0.25, 0.3) is 5.56 Å². The number of nitrogens with zero attached hydrogens (tertiary/aromatic N) is 3. The number of anilines is 1. The van der Waals surface area contributed by atoms with E-state index in [0.717, 1.165) is 22.9 Å². The second-order valence-electron chi connectivity index (χ2n) is 7.88. The Labute approximate surface area is 205 Å². The lowest BCUT2D eigenvalue weighted by Gasteiger charge is -2.17. The van der Waals surface area contributed by atoms with E-state index in [-0.39, 0.29) is 35.0 Å². The maximum absolute atomic E-state index is 13.3. The summed E-state index contributed by atoms with van der Waals surface area (Å²) in [5.41, 5.74) is -3.71. The van der Waals surface area contributed by atoms with Crippen LogP contribution in [0.2, 0.25) is 5.02 Å². The lowest BCUT2D eigenvalue weighted by atomic mass is 10.0. The highest BCUT2D eigenvalue weighted by atomic mass is 35.5. The molecule has 188 valence electrons. The van der Waals surface area contributed by atoms with Crippen molar-refractivity contribution in [3.05, 3.63) is 90.7 Å². The number of aromatic carboxylic acids is 1. The Hall–Kier alpha value is -4.06. The van der Waals surface area contributed by atoms with Gasteiger partial charge in [-0.2, -0.15) is 13.2 Å². The minimum absolute atomic E-state index is 0.0130. The highest BCUT2D eigenvalue weighted by Gasteiger charge is 2.33. The lowest BCUT2D eigenvalue weighted by molar-refractivity contribution is -0.138. The number of hydrogen-bond acceptors (Lipinski definition) is 5. The third kappa shape index (κ3) is 4.47. The monoisotopic (exact) mass is 523 g/mol. The van der Waals surface area contributed by atoms with E-state index in [1.807, 2.05) is 0 Å². The molecule has 0 radical (unpaired) electrons. The fraction of sp³-hybridized carbons (Fsp3) is 0.217. The molecule has 1 N–H and O–H groups in total. The molecule has 0 saturated carbocycles. The molecule has 0 unspecified atom stereocenters. The van der Waals surface area contributed by atoms with Gasteiger partial charge in [0.05, 0.1) is 35.1 Å². The number of alkyl halides is 3. The van der Waals surface area contributed by atoms with E-state index < -0.39 is 47.2 Å². The molecule has 1 aliphatic rings. The molecule has 1 aromatic heterocycles. The summed E-state index contributed by atoms with van der Waals surface area (Å²) in [7, 11) is 0. The number of cyclic esters (lactones) is 1. The molecule has 1 aliphatic heterocycles. The van der Waals surface area contributed by atoms with Crippen molar-refractivity contribution < 1.29 is 32.6 Å². The topological polar surface area (TPSA) is 111 Å². The predicted octanol–water partition coefficient (Wildman–Crippen LogP) is 3.68. The fourth-order valence-electron chi connectivity index (χ4n) is 3.88. The van der Waals surface area contributed by atoms with E-state index in [0.29, 0.717) is 10.3 Å². The van der Waals surface area contributed by atoms with Crippen LogP contribution in [0.4, 0.5) is 23.7 Å². The van der Waals surface area contributed by atoms with Crippen LogP contribution >= 0.6 is 11.6 Å². The molecule has 1 fully saturated rings. The van der Waals surface area contributed by atoms with Gasteiger partial charge in [0.2, 0.25) is 0 Å². The maximum Gasteiger partial charge on any atom is 0.416 e. The standard InChI is InChI=1S/C23H17ClF3N3O6/c1-12-13(3-2-4-16(12)23(25,26)27)10-30-19(31)15(20(32)33)11-29(21(30)34)14-5-6-18(17(24)9-14)28-7-8-36-22(28)35/h2-6,9,11H,7-8,10H2,1H3,(H,32,33). The van der Waals surface area contributed by atoms with Crippen LogP contribution in [0.1, 0.15) is 27.0 Å². The van der Waals surface area contributed by atoms with E-state index in [9.17, 15) is 37.5 Å². The van der Waals surface area contributed by atoms with Crippen molar-refractivity contribution in [3.63, 3.8) is 0 Å². The number of rotatable bonds is 5. The quantitative estimate of drug-likeness (QED) is 0.546. The average molecular weight is 524 g/mol. The third-order valence-corrected chi connectivity index (χ3v) is 6.04. The van der Waals surface area contributed by atoms with Crippen LogP contribution in [0.3, 0.4) is 0 Å². The van der Waals surface area contributed by atoms with Crippen molar-refractivity contribution in [2.24, 2.45) is 0 Å². The Bertz CT molecular complexity index is 1510. The number of aromatic nitrogens is 2. The first kappa shape index (κ1) is 25.0. The van der Waals surface area contributed by atoms with Crippen LogP contribution in [0, 0.1) is 6.92 Å². The zero-order chi connectivity index (χ0) is 26.4. The number of amides is 1. The number of ether oxygens (including phenoxy) is 1. The van der Waals surface area contributed by atoms with Gasteiger partial charge in [0, 0.05) is 6.20 Å². The Balaban J connectivity index is 1.85. The van der Waals surface area contributed by atoms with Gasteiger partial charge < -0.3 is 9.84 Å². The van der Waals surface area contributed by atoms with Crippen molar-refractivity contribution in [2.45, 2.75) is 19.6 Å². The molecule has 1 saturated heterocycles. The van der Waals surface area contributed by atoms with Gasteiger partial charge in [-0.3, -0.25) is 18.8 Å². The van der Waals surface area contributed by atoms with Crippen LogP contribution in [0.15, 0.2) is 52.2 Å². The fourth-order valence-corrected chi connectivity index (χ4v) is 4.16. The number of carboxylic acids is 1. The summed E-state index contributed by atoms with van der Waals surface area (Å²) in [6.07, 6.45) is -4.45. The van der Waals surface area contributed by atoms with Crippen molar-refractivity contribution >= 4 is 29.4 Å². The summed E-state index contributed by atoms with van der Waals surface area (Å²) in [5, 5.41) is 9.58. The van der Waals surface area contributed by atoms with Crippen LogP contribution in [-0.4, -0.2) is 39.5 Å². The summed E-state index contributed by atoms with van der Waals surface area (Å²) in [6, 6.07) is 7.41. The number of carbonyl (C=O) groups excluding carboxylic acids is 1. The van der Waals surface area contributed by atoms with Crippen LogP contribution in [-0.2, 0) is 17.5 Å². The summed E-state index contributed by atoms with van der Waals surface area (Å²) in [4.78, 5) is 50.9. The van der Waals surface area contributed by atoms with Crippen molar-refractivity contribution in [1.82, 2.24) is 9.13 Å². The molecule has 1 amide bonds. The van der Waals surface area contributed by atoms with E-state index in [4.69, 9.17) is 16.3 Å². The third-order valence-electron chi connectivity index (χ3n) is 5.74. The second kappa shape index (κ2) is 9.19. The maximum atomic E-state index is 13.3. The molecular formula is C23H17ClF3N3O6. The molecule has 0 atom stereocenters. The van der Waals surface area contributed by atoms with Gasteiger partial charge in [-0.15, -0.1) is 0 Å². The first-order valence-electron chi connectivity index (χ1n) is 10.4. The largest absolute Gasteiger partial charge is 0.477 e. The van der Waals surface area contributed by atoms with E-state index >= 15 is 0 Å². The van der Waals surface area contributed by atoms with Crippen LogP contribution < -0.4 is 16.1 Å². The molecule has 9 nitrogen and oxygen atoms in total. The van der Waals surface area contributed by atoms with Gasteiger partial charge in [-0.25, -0.2) is 14.4 Å². The van der Waals surface area contributed by atoms with Gasteiger partial charge in [0.1, 0.15) is 12.2 Å². The zero-order valence-electron chi connectivity index (χ0n) is 18.5. The lowest BCUT2D eigenvalue weighted by Crippen LogP contribution is -2.42. The van der Waals surface area contributed by atoms with E-state index in [1.54, 1.807) is 0 Å². The Kier molecular flexibility index (Phi) is 6.39. The Morgan fingerprint density at radius 3 is 2.47 bits per heavy atom. The van der Waals surface area contributed by atoms with Gasteiger partial charge in [0.15, 0.2) is 0 Å². The van der Waals surface area contributed by atoms with Gasteiger partial charge in [-0.1, -0.05) is 23.7 Å². The number of halogens is 4. The Morgan fingerprint density at radius 2 is 1.89 bits per heavy atom. The number of hydrogen-bond donors (Lipinski definition) is 1. The first-order valence-corrected chi connectivity index (χ1v) is 10.8. The minimum Gasteiger partial charge on any atom is -0.477 e. The molecular weight excluding hydrogens is 507 g/mol. The number of carboxylic acid groups (broad SMARTS) is 1. The summed E-state index contributed by atoms with van der Waals surface area (Å²) >= 11 is 6.30. The molecule has 2 aromatic carbocycles.